The van der Waals surface area contributed by atoms with E-state index in [-0.39, 0.29) is 17.9 Å². The highest BCUT2D eigenvalue weighted by molar-refractivity contribution is 5.81. The molecule has 1 saturated heterocycles. The van der Waals surface area contributed by atoms with Crippen molar-refractivity contribution in [2.24, 2.45) is 5.92 Å². The predicted octanol–water partition coefficient (Wildman–Crippen LogP) is 2.23. The Morgan fingerprint density at radius 3 is 2.48 bits per heavy atom. The normalized spacial score (nSPS) is 20.7. The van der Waals surface area contributed by atoms with Gasteiger partial charge in [-0.1, -0.05) is 31.4 Å². The SMILES string of the molecule is COc1ccccc1OC1CN(C(=O)[C@H](O)C2CCCCC2)C1. The minimum atomic E-state index is -0.845. The molecule has 1 aliphatic heterocycles. The number of carbonyl (C=O) groups excluding carboxylic acids is 1. The first-order valence-corrected chi connectivity index (χ1v) is 8.45. The highest BCUT2D eigenvalue weighted by Crippen LogP contribution is 2.30. The molecule has 126 valence electrons. The molecule has 2 fully saturated rings. The summed E-state index contributed by atoms with van der Waals surface area (Å²) >= 11 is 0. The maximum Gasteiger partial charge on any atom is 0.251 e. The number of para-hydroxylation sites is 2. The van der Waals surface area contributed by atoms with Gasteiger partial charge in [0.25, 0.3) is 5.91 Å². The second-order valence-electron chi connectivity index (χ2n) is 6.48. The van der Waals surface area contributed by atoms with E-state index in [4.69, 9.17) is 9.47 Å². The van der Waals surface area contributed by atoms with Crippen molar-refractivity contribution in [2.45, 2.75) is 44.3 Å². The van der Waals surface area contributed by atoms with Gasteiger partial charge in [0.15, 0.2) is 11.5 Å². The first-order valence-electron chi connectivity index (χ1n) is 8.45. The molecule has 0 bridgehead atoms. The average molecular weight is 319 g/mol. The lowest BCUT2D eigenvalue weighted by atomic mass is 9.84. The first-order chi connectivity index (χ1) is 11.2. The van der Waals surface area contributed by atoms with Gasteiger partial charge in [-0.05, 0) is 30.9 Å². The predicted molar refractivity (Wildman–Crippen MR) is 86.6 cm³/mol. The van der Waals surface area contributed by atoms with Crippen LogP contribution in [0.25, 0.3) is 0 Å². The van der Waals surface area contributed by atoms with Gasteiger partial charge in [-0.3, -0.25) is 4.79 Å². The number of hydrogen-bond acceptors (Lipinski definition) is 4. The van der Waals surface area contributed by atoms with Gasteiger partial charge in [-0.2, -0.15) is 0 Å². The first kappa shape index (κ1) is 16.1. The van der Waals surface area contributed by atoms with Gasteiger partial charge in [0.1, 0.15) is 12.2 Å². The number of aliphatic hydroxyl groups is 1. The summed E-state index contributed by atoms with van der Waals surface area (Å²) in [7, 11) is 1.61. The van der Waals surface area contributed by atoms with Crippen LogP contribution in [0.3, 0.4) is 0 Å². The molecule has 0 aromatic heterocycles. The van der Waals surface area contributed by atoms with Crippen LogP contribution in [0.5, 0.6) is 11.5 Å². The number of amides is 1. The van der Waals surface area contributed by atoms with Crippen molar-refractivity contribution in [3.63, 3.8) is 0 Å². The molecular weight excluding hydrogens is 294 g/mol. The van der Waals surface area contributed by atoms with Crippen LogP contribution in [0, 0.1) is 5.92 Å². The van der Waals surface area contributed by atoms with E-state index in [1.165, 1.54) is 6.42 Å². The lowest BCUT2D eigenvalue weighted by molar-refractivity contribution is -0.152. The Labute approximate surface area is 137 Å². The highest BCUT2D eigenvalue weighted by atomic mass is 16.5. The van der Waals surface area contributed by atoms with Crippen LogP contribution < -0.4 is 9.47 Å². The molecule has 1 aromatic carbocycles. The number of carbonyl (C=O) groups is 1. The number of rotatable bonds is 5. The number of ether oxygens (including phenoxy) is 2. The summed E-state index contributed by atoms with van der Waals surface area (Å²) in [6, 6.07) is 7.50. The van der Waals surface area contributed by atoms with Crippen LogP contribution in [0.4, 0.5) is 0 Å². The number of hydrogen-bond donors (Lipinski definition) is 1. The van der Waals surface area contributed by atoms with Crippen molar-refractivity contribution in [2.75, 3.05) is 20.2 Å². The minimum Gasteiger partial charge on any atom is -0.493 e. The Morgan fingerprint density at radius 1 is 1.17 bits per heavy atom. The summed E-state index contributed by atoms with van der Waals surface area (Å²) in [6.07, 6.45) is 4.50. The third-order valence-electron chi connectivity index (χ3n) is 4.87. The van der Waals surface area contributed by atoms with Crippen molar-refractivity contribution in [3.8, 4) is 11.5 Å². The van der Waals surface area contributed by atoms with Crippen molar-refractivity contribution in [1.82, 2.24) is 4.90 Å². The van der Waals surface area contributed by atoms with Gasteiger partial charge in [-0.25, -0.2) is 0 Å². The average Bonchev–Trinajstić information content (AvgIpc) is 2.57. The lowest BCUT2D eigenvalue weighted by Crippen LogP contribution is -2.59. The van der Waals surface area contributed by atoms with Crippen LogP contribution in [0.1, 0.15) is 32.1 Å². The second-order valence-corrected chi connectivity index (χ2v) is 6.48. The second kappa shape index (κ2) is 7.21. The van der Waals surface area contributed by atoms with Gasteiger partial charge in [0, 0.05) is 0 Å². The van der Waals surface area contributed by atoms with Crippen LogP contribution in [0.2, 0.25) is 0 Å². The monoisotopic (exact) mass is 319 g/mol. The van der Waals surface area contributed by atoms with Crippen LogP contribution in [-0.4, -0.2) is 48.3 Å². The molecular formula is C18H25NO4. The topological polar surface area (TPSA) is 59.0 Å². The van der Waals surface area contributed by atoms with E-state index in [2.05, 4.69) is 0 Å². The fourth-order valence-electron chi connectivity index (χ4n) is 3.43. The Morgan fingerprint density at radius 2 is 1.83 bits per heavy atom. The number of benzene rings is 1. The molecule has 5 nitrogen and oxygen atoms in total. The van der Waals surface area contributed by atoms with E-state index in [0.29, 0.717) is 24.6 Å². The minimum absolute atomic E-state index is 0.0335. The van der Waals surface area contributed by atoms with Crippen molar-refractivity contribution < 1.29 is 19.4 Å². The maximum absolute atomic E-state index is 12.3. The number of aliphatic hydroxyl groups excluding tert-OH is 1. The molecule has 0 radical (unpaired) electrons. The molecule has 0 unspecified atom stereocenters. The molecule has 0 spiro atoms. The number of likely N-dealkylation sites (tertiary alicyclic amines) is 1. The fourth-order valence-corrected chi connectivity index (χ4v) is 3.43. The Hall–Kier alpha value is -1.75. The zero-order valence-electron chi connectivity index (χ0n) is 13.6. The molecule has 5 heteroatoms. The summed E-state index contributed by atoms with van der Waals surface area (Å²) < 4.78 is 11.1. The van der Waals surface area contributed by atoms with Crippen LogP contribution in [0.15, 0.2) is 24.3 Å². The van der Waals surface area contributed by atoms with Crippen molar-refractivity contribution in [1.29, 1.82) is 0 Å². The fraction of sp³-hybridized carbons (Fsp3) is 0.611. The Kier molecular flexibility index (Phi) is 5.06. The molecule has 1 saturated carbocycles. The number of nitrogens with zero attached hydrogens (tertiary/aromatic N) is 1. The van der Waals surface area contributed by atoms with E-state index in [1.807, 2.05) is 24.3 Å². The van der Waals surface area contributed by atoms with Crippen molar-refractivity contribution in [3.05, 3.63) is 24.3 Å². The van der Waals surface area contributed by atoms with E-state index >= 15 is 0 Å². The number of methoxy groups -OCH3 is 1. The van der Waals surface area contributed by atoms with Crippen LogP contribution >= 0.6 is 0 Å². The molecule has 1 aromatic rings. The van der Waals surface area contributed by atoms with Gasteiger partial charge < -0.3 is 19.5 Å². The standard InChI is InChI=1S/C18H25NO4/c1-22-15-9-5-6-10-16(15)23-14-11-19(12-14)18(21)17(20)13-7-3-2-4-8-13/h5-6,9-10,13-14,17,20H,2-4,7-8,11-12H2,1H3/t17-/m1/s1. The van der Waals surface area contributed by atoms with Crippen LogP contribution in [-0.2, 0) is 4.79 Å². The summed E-state index contributed by atoms with van der Waals surface area (Å²) in [4.78, 5) is 14.0. The van der Waals surface area contributed by atoms with Gasteiger partial charge >= 0.3 is 0 Å². The molecule has 1 heterocycles. The zero-order chi connectivity index (χ0) is 16.2. The Bertz CT molecular complexity index is 536. The molecule has 1 amide bonds. The third-order valence-corrected chi connectivity index (χ3v) is 4.87. The third kappa shape index (κ3) is 3.61. The molecule has 2 aliphatic rings. The van der Waals surface area contributed by atoms with E-state index < -0.39 is 6.10 Å². The largest absolute Gasteiger partial charge is 0.493 e. The summed E-state index contributed by atoms with van der Waals surface area (Å²) in [6.45, 7) is 1.06. The van der Waals surface area contributed by atoms with E-state index in [0.717, 1.165) is 25.7 Å². The highest BCUT2D eigenvalue weighted by Gasteiger charge is 2.38. The van der Waals surface area contributed by atoms with E-state index in [9.17, 15) is 9.90 Å². The quantitative estimate of drug-likeness (QED) is 0.904. The smallest absolute Gasteiger partial charge is 0.251 e. The van der Waals surface area contributed by atoms with Gasteiger partial charge in [0.2, 0.25) is 0 Å². The van der Waals surface area contributed by atoms with Gasteiger partial charge in [-0.15, -0.1) is 0 Å². The van der Waals surface area contributed by atoms with E-state index in [1.54, 1.807) is 12.0 Å². The molecule has 1 atom stereocenters. The summed E-state index contributed by atoms with van der Waals surface area (Å²) in [5, 5.41) is 10.3. The maximum atomic E-state index is 12.3. The molecule has 1 aliphatic carbocycles. The molecule has 23 heavy (non-hydrogen) atoms. The zero-order valence-corrected chi connectivity index (χ0v) is 13.6. The van der Waals surface area contributed by atoms with Gasteiger partial charge in [0.05, 0.1) is 20.2 Å². The Balaban J connectivity index is 1.49. The summed E-state index contributed by atoms with van der Waals surface area (Å²) in [5.41, 5.74) is 0. The lowest BCUT2D eigenvalue weighted by Gasteiger charge is -2.41. The molecule has 3 rings (SSSR count). The van der Waals surface area contributed by atoms with Crippen molar-refractivity contribution >= 4 is 5.91 Å². The molecule has 1 N–H and O–H groups in total. The summed E-state index contributed by atoms with van der Waals surface area (Å²) in [5.74, 6) is 1.38.